The summed E-state index contributed by atoms with van der Waals surface area (Å²) in [7, 11) is 0. The molecule has 1 aromatic heterocycles. The number of halogens is 2. The van der Waals surface area contributed by atoms with Crippen LogP contribution in [0.1, 0.15) is 12.7 Å². The van der Waals surface area contributed by atoms with Crippen molar-refractivity contribution in [2.24, 2.45) is 0 Å². The van der Waals surface area contributed by atoms with Gasteiger partial charge in [-0.1, -0.05) is 12.1 Å². The standard InChI is InChI=1S/C18H13F2N3OS/c1-10(25-11-6-7-13(19)14(20)8-11)17(24)12(9-21)18-22-15-4-2-3-5-16(15)23-18/h2-8,10,24H,1H3,(H,22,23)/b17-12-. The van der Waals surface area contributed by atoms with Crippen LogP contribution in [0.4, 0.5) is 8.78 Å². The van der Waals surface area contributed by atoms with Crippen molar-refractivity contribution in [1.29, 1.82) is 5.26 Å². The fourth-order valence-electron chi connectivity index (χ4n) is 2.32. The average Bonchev–Trinajstić information content (AvgIpc) is 3.02. The Balaban J connectivity index is 1.92. The van der Waals surface area contributed by atoms with Crippen LogP contribution in [-0.4, -0.2) is 20.3 Å². The van der Waals surface area contributed by atoms with Crippen molar-refractivity contribution in [3.63, 3.8) is 0 Å². The highest BCUT2D eigenvalue weighted by molar-refractivity contribution is 8.00. The van der Waals surface area contributed by atoms with E-state index >= 15 is 0 Å². The molecular weight excluding hydrogens is 344 g/mol. The number of fused-ring (bicyclic) bond motifs is 1. The van der Waals surface area contributed by atoms with Gasteiger partial charge in [-0.25, -0.2) is 13.8 Å². The molecule has 0 saturated heterocycles. The van der Waals surface area contributed by atoms with Crippen LogP contribution in [0, 0.1) is 23.0 Å². The first-order chi connectivity index (χ1) is 12.0. The van der Waals surface area contributed by atoms with E-state index in [0.29, 0.717) is 10.4 Å². The number of hydrogen-bond acceptors (Lipinski definition) is 4. The summed E-state index contributed by atoms with van der Waals surface area (Å²) in [5.74, 6) is -1.81. The van der Waals surface area contributed by atoms with Crippen molar-refractivity contribution in [3.8, 4) is 6.07 Å². The number of nitrogens with one attached hydrogen (secondary N) is 1. The van der Waals surface area contributed by atoms with E-state index < -0.39 is 16.9 Å². The first kappa shape index (κ1) is 17.0. The van der Waals surface area contributed by atoms with E-state index in [-0.39, 0.29) is 17.2 Å². The number of benzene rings is 2. The first-order valence-corrected chi connectivity index (χ1v) is 8.27. The summed E-state index contributed by atoms with van der Waals surface area (Å²) in [6, 6.07) is 12.7. The number of nitrogens with zero attached hydrogens (tertiary/aromatic N) is 2. The minimum atomic E-state index is -0.960. The number of aliphatic hydroxyl groups is 1. The Labute approximate surface area is 146 Å². The molecule has 0 fully saturated rings. The molecule has 4 nitrogen and oxygen atoms in total. The minimum Gasteiger partial charge on any atom is -0.510 e. The molecule has 25 heavy (non-hydrogen) atoms. The Kier molecular flexibility index (Phi) is 4.72. The van der Waals surface area contributed by atoms with Crippen LogP contribution in [0.15, 0.2) is 53.1 Å². The predicted molar refractivity (Wildman–Crippen MR) is 92.9 cm³/mol. The molecule has 0 amide bonds. The Bertz CT molecular complexity index is 974. The van der Waals surface area contributed by atoms with Gasteiger partial charge in [0, 0.05) is 4.90 Å². The van der Waals surface area contributed by atoms with Gasteiger partial charge in [0.1, 0.15) is 17.4 Å². The number of H-pyrrole nitrogens is 1. The van der Waals surface area contributed by atoms with Gasteiger partial charge in [0.25, 0.3) is 0 Å². The monoisotopic (exact) mass is 357 g/mol. The third-order valence-electron chi connectivity index (χ3n) is 3.58. The number of imidazole rings is 1. The second-order valence-electron chi connectivity index (χ2n) is 5.31. The summed E-state index contributed by atoms with van der Waals surface area (Å²) in [6.45, 7) is 1.67. The maximum absolute atomic E-state index is 13.3. The third kappa shape index (κ3) is 3.49. The highest BCUT2D eigenvalue weighted by Crippen LogP contribution is 2.31. The summed E-state index contributed by atoms with van der Waals surface area (Å²) in [4.78, 5) is 7.74. The highest BCUT2D eigenvalue weighted by Gasteiger charge is 2.19. The van der Waals surface area contributed by atoms with E-state index in [0.717, 1.165) is 29.4 Å². The number of aromatic nitrogens is 2. The molecule has 1 unspecified atom stereocenters. The van der Waals surface area contributed by atoms with Crippen molar-refractivity contribution in [2.45, 2.75) is 17.1 Å². The molecule has 2 aromatic carbocycles. The molecule has 1 heterocycles. The van der Waals surface area contributed by atoms with Crippen LogP contribution in [0.2, 0.25) is 0 Å². The summed E-state index contributed by atoms with van der Waals surface area (Å²) in [5.41, 5.74) is 1.44. The van der Waals surface area contributed by atoms with E-state index in [1.807, 2.05) is 24.3 Å². The molecule has 0 aliphatic carbocycles. The molecule has 2 N–H and O–H groups in total. The lowest BCUT2D eigenvalue weighted by molar-refractivity contribution is 0.402. The van der Waals surface area contributed by atoms with Crippen molar-refractivity contribution in [1.82, 2.24) is 9.97 Å². The van der Waals surface area contributed by atoms with Crippen molar-refractivity contribution in [2.75, 3.05) is 0 Å². The zero-order valence-corrected chi connectivity index (χ0v) is 13.9. The lowest BCUT2D eigenvalue weighted by atomic mass is 10.2. The summed E-state index contributed by atoms with van der Waals surface area (Å²) >= 11 is 1.11. The number of para-hydroxylation sites is 2. The fraction of sp³-hybridized carbons (Fsp3) is 0.111. The second-order valence-corrected chi connectivity index (χ2v) is 6.72. The quantitative estimate of drug-likeness (QED) is 0.399. The number of aromatic amines is 1. The maximum atomic E-state index is 13.3. The molecule has 3 rings (SSSR count). The van der Waals surface area contributed by atoms with E-state index in [2.05, 4.69) is 9.97 Å². The lowest BCUT2D eigenvalue weighted by Gasteiger charge is -2.12. The molecular formula is C18H13F2N3OS. The topological polar surface area (TPSA) is 72.7 Å². The molecule has 1 atom stereocenters. The zero-order chi connectivity index (χ0) is 18.0. The molecule has 7 heteroatoms. The van der Waals surface area contributed by atoms with Crippen LogP contribution < -0.4 is 0 Å². The van der Waals surface area contributed by atoms with Crippen LogP contribution in [0.3, 0.4) is 0 Å². The smallest absolute Gasteiger partial charge is 0.159 e. The lowest BCUT2D eigenvalue weighted by Crippen LogP contribution is -2.05. The molecule has 3 aromatic rings. The number of aliphatic hydroxyl groups excluding tert-OH is 1. The molecule has 0 spiro atoms. The number of hydrogen-bond donors (Lipinski definition) is 2. The van der Waals surface area contributed by atoms with Gasteiger partial charge in [-0.2, -0.15) is 5.26 Å². The van der Waals surface area contributed by atoms with Gasteiger partial charge in [-0.15, -0.1) is 11.8 Å². The summed E-state index contributed by atoms with van der Waals surface area (Å²) in [5, 5.41) is 19.3. The average molecular weight is 357 g/mol. The summed E-state index contributed by atoms with van der Waals surface area (Å²) < 4.78 is 26.3. The van der Waals surface area contributed by atoms with Gasteiger partial charge >= 0.3 is 0 Å². The van der Waals surface area contributed by atoms with E-state index in [1.54, 1.807) is 13.0 Å². The molecule has 0 saturated carbocycles. The number of allylic oxidation sites excluding steroid dienone is 1. The van der Waals surface area contributed by atoms with Gasteiger partial charge in [0.2, 0.25) is 0 Å². The Hall–Kier alpha value is -2.85. The first-order valence-electron chi connectivity index (χ1n) is 7.39. The number of thioether (sulfide) groups is 1. The highest BCUT2D eigenvalue weighted by atomic mass is 32.2. The van der Waals surface area contributed by atoms with Crippen LogP contribution >= 0.6 is 11.8 Å². The van der Waals surface area contributed by atoms with Gasteiger partial charge in [0.15, 0.2) is 17.5 Å². The van der Waals surface area contributed by atoms with Crippen LogP contribution in [0.25, 0.3) is 16.6 Å². The third-order valence-corrected chi connectivity index (χ3v) is 4.69. The molecule has 126 valence electrons. The van der Waals surface area contributed by atoms with Gasteiger partial charge in [0.05, 0.1) is 16.3 Å². The largest absolute Gasteiger partial charge is 0.510 e. The van der Waals surface area contributed by atoms with Crippen molar-refractivity contribution < 1.29 is 13.9 Å². The fourth-order valence-corrected chi connectivity index (χ4v) is 3.27. The van der Waals surface area contributed by atoms with Crippen LogP contribution in [-0.2, 0) is 0 Å². The van der Waals surface area contributed by atoms with Crippen molar-refractivity contribution >= 4 is 28.4 Å². The number of rotatable bonds is 4. The van der Waals surface area contributed by atoms with Gasteiger partial charge < -0.3 is 10.1 Å². The Morgan fingerprint density at radius 3 is 2.68 bits per heavy atom. The SMILES string of the molecule is CC(Sc1ccc(F)c(F)c1)/C(O)=C(\C#N)c1nc2ccccc2[nH]1. The van der Waals surface area contributed by atoms with Gasteiger partial charge in [-0.05, 0) is 37.3 Å². The Morgan fingerprint density at radius 2 is 2.00 bits per heavy atom. The molecule has 0 aliphatic rings. The van der Waals surface area contributed by atoms with E-state index in [9.17, 15) is 19.1 Å². The molecule has 0 aliphatic heterocycles. The van der Waals surface area contributed by atoms with E-state index in [4.69, 9.17) is 0 Å². The molecule has 0 bridgehead atoms. The zero-order valence-electron chi connectivity index (χ0n) is 13.1. The molecule has 0 radical (unpaired) electrons. The van der Waals surface area contributed by atoms with E-state index in [1.165, 1.54) is 6.07 Å². The van der Waals surface area contributed by atoms with Gasteiger partial charge in [-0.3, -0.25) is 0 Å². The maximum Gasteiger partial charge on any atom is 0.159 e. The minimum absolute atomic E-state index is 0.0128. The van der Waals surface area contributed by atoms with Crippen molar-refractivity contribution in [3.05, 3.63) is 65.7 Å². The number of nitriles is 1. The predicted octanol–water partition coefficient (Wildman–Crippen LogP) is 4.81. The second kappa shape index (κ2) is 6.95. The normalized spacial score (nSPS) is 13.4. The van der Waals surface area contributed by atoms with Crippen LogP contribution in [0.5, 0.6) is 0 Å². The summed E-state index contributed by atoms with van der Waals surface area (Å²) in [6.07, 6.45) is 0. The Morgan fingerprint density at radius 1 is 1.24 bits per heavy atom.